The number of anilines is 1. The SMILES string of the molecule is Cc1nsc(N2CCN(Cc3nc4ccccc4c(=O)[nH]3)CC2)n1. The number of nitrogens with one attached hydrogen (secondary N) is 1. The number of fused-ring (bicyclic) bond motifs is 1. The van der Waals surface area contributed by atoms with E-state index in [1.165, 1.54) is 11.5 Å². The Kier molecular flexibility index (Phi) is 3.99. The molecule has 0 aliphatic carbocycles. The Morgan fingerprint density at radius 3 is 2.71 bits per heavy atom. The van der Waals surface area contributed by atoms with Gasteiger partial charge in [0.1, 0.15) is 11.6 Å². The molecule has 8 heteroatoms. The summed E-state index contributed by atoms with van der Waals surface area (Å²) >= 11 is 1.45. The van der Waals surface area contributed by atoms with Crippen LogP contribution in [0.1, 0.15) is 11.6 Å². The molecule has 3 aromatic rings. The van der Waals surface area contributed by atoms with Crippen LogP contribution in [0.5, 0.6) is 0 Å². The summed E-state index contributed by atoms with van der Waals surface area (Å²) in [6.07, 6.45) is 0. The molecule has 0 saturated carbocycles. The molecule has 3 heterocycles. The number of rotatable bonds is 3. The fraction of sp³-hybridized carbons (Fsp3) is 0.375. The van der Waals surface area contributed by atoms with E-state index in [4.69, 9.17) is 0 Å². The monoisotopic (exact) mass is 342 g/mol. The Morgan fingerprint density at radius 1 is 1.17 bits per heavy atom. The second-order valence-corrected chi connectivity index (χ2v) is 6.65. The lowest BCUT2D eigenvalue weighted by atomic mass is 10.2. The fourth-order valence-electron chi connectivity index (χ4n) is 2.93. The van der Waals surface area contributed by atoms with Gasteiger partial charge in [-0.3, -0.25) is 9.69 Å². The second-order valence-electron chi connectivity index (χ2n) is 5.92. The van der Waals surface area contributed by atoms with Crippen molar-refractivity contribution in [3.63, 3.8) is 0 Å². The van der Waals surface area contributed by atoms with Crippen LogP contribution in [-0.4, -0.2) is 50.4 Å². The summed E-state index contributed by atoms with van der Waals surface area (Å²) < 4.78 is 4.24. The van der Waals surface area contributed by atoms with Gasteiger partial charge in [0.25, 0.3) is 5.56 Å². The number of H-pyrrole nitrogens is 1. The van der Waals surface area contributed by atoms with Gasteiger partial charge < -0.3 is 9.88 Å². The van der Waals surface area contributed by atoms with Gasteiger partial charge in [-0.2, -0.15) is 4.37 Å². The van der Waals surface area contributed by atoms with Crippen molar-refractivity contribution in [3.05, 3.63) is 46.3 Å². The topological polar surface area (TPSA) is 78.0 Å². The zero-order valence-corrected chi connectivity index (χ0v) is 14.2. The molecule has 1 saturated heterocycles. The third kappa shape index (κ3) is 3.02. The summed E-state index contributed by atoms with van der Waals surface area (Å²) in [7, 11) is 0. The molecule has 1 aliphatic rings. The van der Waals surface area contributed by atoms with Gasteiger partial charge in [-0.05, 0) is 19.1 Å². The minimum atomic E-state index is -0.0708. The van der Waals surface area contributed by atoms with E-state index in [2.05, 4.69) is 29.1 Å². The summed E-state index contributed by atoms with van der Waals surface area (Å²) in [5.74, 6) is 1.55. The molecule has 4 rings (SSSR count). The Labute approximate surface area is 143 Å². The Morgan fingerprint density at radius 2 is 1.96 bits per heavy atom. The average Bonchev–Trinajstić information content (AvgIpc) is 3.02. The maximum atomic E-state index is 12.1. The smallest absolute Gasteiger partial charge is 0.258 e. The van der Waals surface area contributed by atoms with Crippen LogP contribution in [0, 0.1) is 6.92 Å². The Hall–Kier alpha value is -2.32. The van der Waals surface area contributed by atoms with Crippen LogP contribution in [0.4, 0.5) is 5.13 Å². The quantitative estimate of drug-likeness (QED) is 0.775. The van der Waals surface area contributed by atoms with Crippen molar-refractivity contribution in [3.8, 4) is 0 Å². The molecule has 0 bridgehead atoms. The molecular formula is C16H18N6OS. The zero-order chi connectivity index (χ0) is 16.5. The first-order valence-corrected chi connectivity index (χ1v) is 8.72. The minimum Gasteiger partial charge on any atom is -0.344 e. The van der Waals surface area contributed by atoms with Crippen LogP contribution >= 0.6 is 11.5 Å². The lowest BCUT2D eigenvalue weighted by Gasteiger charge is -2.33. The third-order valence-electron chi connectivity index (χ3n) is 4.19. The lowest BCUT2D eigenvalue weighted by Crippen LogP contribution is -2.46. The number of aryl methyl sites for hydroxylation is 1. The van der Waals surface area contributed by atoms with E-state index in [1.54, 1.807) is 6.07 Å². The number of aromatic amines is 1. The average molecular weight is 342 g/mol. The molecule has 1 fully saturated rings. The van der Waals surface area contributed by atoms with E-state index in [-0.39, 0.29) is 5.56 Å². The standard InChI is InChI=1S/C16H18N6OS/c1-11-17-16(24-20-11)22-8-6-21(7-9-22)10-14-18-13-5-3-2-4-12(13)15(23)19-14/h2-5H,6-10H2,1H3,(H,18,19,23). The molecular weight excluding hydrogens is 324 g/mol. The highest BCUT2D eigenvalue weighted by Crippen LogP contribution is 2.19. The van der Waals surface area contributed by atoms with E-state index < -0.39 is 0 Å². The Bertz CT molecular complexity index is 912. The maximum absolute atomic E-state index is 12.1. The lowest BCUT2D eigenvalue weighted by molar-refractivity contribution is 0.244. The first-order valence-electron chi connectivity index (χ1n) is 7.94. The Balaban J connectivity index is 1.44. The first-order chi connectivity index (χ1) is 11.7. The van der Waals surface area contributed by atoms with Crippen molar-refractivity contribution in [2.24, 2.45) is 0 Å². The van der Waals surface area contributed by atoms with Crippen molar-refractivity contribution in [1.82, 2.24) is 24.2 Å². The van der Waals surface area contributed by atoms with Gasteiger partial charge in [0.15, 0.2) is 0 Å². The summed E-state index contributed by atoms with van der Waals surface area (Å²) in [5.41, 5.74) is 0.679. The van der Waals surface area contributed by atoms with Crippen LogP contribution in [0.15, 0.2) is 29.1 Å². The van der Waals surface area contributed by atoms with E-state index in [0.717, 1.165) is 48.5 Å². The number of hydrogen-bond acceptors (Lipinski definition) is 7. The maximum Gasteiger partial charge on any atom is 0.258 e. The molecule has 0 amide bonds. The molecule has 24 heavy (non-hydrogen) atoms. The van der Waals surface area contributed by atoms with Gasteiger partial charge in [-0.25, -0.2) is 9.97 Å². The number of benzene rings is 1. The molecule has 2 aromatic heterocycles. The summed E-state index contributed by atoms with van der Waals surface area (Å²) in [6.45, 7) is 6.21. The minimum absolute atomic E-state index is 0.0708. The van der Waals surface area contributed by atoms with Gasteiger partial charge in [-0.15, -0.1) is 0 Å². The number of piperazine rings is 1. The van der Waals surface area contributed by atoms with Crippen LogP contribution < -0.4 is 10.5 Å². The van der Waals surface area contributed by atoms with Crippen molar-refractivity contribution in [2.45, 2.75) is 13.5 Å². The number of aromatic nitrogens is 4. The molecule has 0 spiro atoms. The normalized spacial score (nSPS) is 16.0. The highest BCUT2D eigenvalue weighted by Gasteiger charge is 2.20. The molecule has 0 radical (unpaired) electrons. The zero-order valence-electron chi connectivity index (χ0n) is 13.4. The molecule has 124 valence electrons. The number of nitrogens with zero attached hydrogens (tertiary/aromatic N) is 5. The van der Waals surface area contributed by atoms with Gasteiger partial charge >= 0.3 is 0 Å². The van der Waals surface area contributed by atoms with E-state index in [0.29, 0.717) is 11.9 Å². The molecule has 0 atom stereocenters. The molecule has 7 nitrogen and oxygen atoms in total. The predicted octanol–water partition coefficient (Wildman–Crippen LogP) is 1.41. The van der Waals surface area contributed by atoms with Crippen LogP contribution in [0.25, 0.3) is 10.9 Å². The highest BCUT2D eigenvalue weighted by molar-refractivity contribution is 7.09. The van der Waals surface area contributed by atoms with Crippen molar-refractivity contribution in [1.29, 1.82) is 0 Å². The summed E-state index contributed by atoms with van der Waals surface area (Å²) in [4.78, 5) is 28.6. The molecule has 1 N–H and O–H groups in total. The third-order valence-corrected chi connectivity index (χ3v) is 5.06. The van der Waals surface area contributed by atoms with Crippen molar-refractivity contribution >= 4 is 27.6 Å². The highest BCUT2D eigenvalue weighted by atomic mass is 32.1. The van der Waals surface area contributed by atoms with E-state index >= 15 is 0 Å². The fourth-order valence-corrected chi connectivity index (χ4v) is 3.66. The molecule has 1 aliphatic heterocycles. The summed E-state index contributed by atoms with van der Waals surface area (Å²) in [6, 6.07) is 7.44. The largest absolute Gasteiger partial charge is 0.344 e. The van der Waals surface area contributed by atoms with E-state index in [1.807, 2.05) is 25.1 Å². The first kappa shape index (κ1) is 15.2. The number of hydrogen-bond donors (Lipinski definition) is 1. The van der Waals surface area contributed by atoms with Crippen LogP contribution in [0.3, 0.4) is 0 Å². The van der Waals surface area contributed by atoms with Gasteiger partial charge in [0.05, 0.1) is 17.4 Å². The predicted molar refractivity (Wildman–Crippen MR) is 94.5 cm³/mol. The second kappa shape index (κ2) is 6.29. The molecule has 0 unspecified atom stereocenters. The van der Waals surface area contributed by atoms with Crippen LogP contribution in [-0.2, 0) is 6.54 Å². The number of para-hydroxylation sites is 1. The van der Waals surface area contributed by atoms with Crippen LogP contribution in [0.2, 0.25) is 0 Å². The van der Waals surface area contributed by atoms with Gasteiger partial charge in [0, 0.05) is 37.7 Å². The summed E-state index contributed by atoms with van der Waals surface area (Å²) in [5, 5.41) is 1.63. The van der Waals surface area contributed by atoms with E-state index in [9.17, 15) is 4.79 Å². The van der Waals surface area contributed by atoms with Crippen molar-refractivity contribution < 1.29 is 0 Å². The molecule has 1 aromatic carbocycles. The van der Waals surface area contributed by atoms with Gasteiger partial charge in [-0.1, -0.05) is 12.1 Å². The van der Waals surface area contributed by atoms with Gasteiger partial charge in [0.2, 0.25) is 5.13 Å². The van der Waals surface area contributed by atoms with Crippen molar-refractivity contribution in [2.75, 3.05) is 31.1 Å².